The first-order chi connectivity index (χ1) is 8.18. The second-order valence-corrected chi connectivity index (χ2v) is 5.20. The van der Waals surface area contributed by atoms with Gasteiger partial charge in [-0.3, -0.25) is 5.23 Å². The van der Waals surface area contributed by atoms with Crippen LogP contribution in [0.2, 0.25) is 5.02 Å². The van der Waals surface area contributed by atoms with Crippen molar-refractivity contribution in [2.24, 2.45) is 11.8 Å². The monoisotopic (exact) mass is 250 g/mol. The van der Waals surface area contributed by atoms with Crippen molar-refractivity contribution in [3.8, 4) is 0 Å². The molecule has 1 fully saturated rings. The summed E-state index contributed by atoms with van der Waals surface area (Å²) in [5.74, 6) is 0.457. The van der Waals surface area contributed by atoms with E-state index < -0.39 is 6.04 Å². The number of allylic oxidation sites excluding steroid dienone is 1. The normalized spacial score (nSPS) is 34.8. The maximum Gasteiger partial charge on any atom is 0.0441 e. The Kier molecular flexibility index (Phi) is 2.71. The van der Waals surface area contributed by atoms with E-state index in [1.54, 1.807) is 0 Å². The van der Waals surface area contributed by atoms with E-state index in [1.807, 2.05) is 30.3 Å². The molecule has 4 unspecified atom stereocenters. The predicted octanol–water partition coefficient (Wildman–Crippen LogP) is 3.19. The molecule has 0 saturated heterocycles. The minimum atomic E-state index is -0.398. The van der Waals surface area contributed by atoms with E-state index in [0.717, 1.165) is 12.0 Å². The second-order valence-electron chi connectivity index (χ2n) is 4.79. The molecule has 0 heterocycles. The zero-order valence-corrected chi connectivity index (χ0v) is 9.92. The molecule has 0 radical (unpaired) electrons. The van der Waals surface area contributed by atoms with Gasteiger partial charge < -0.3 is 10.4 Å². The number of hydroxylamine groups is 2. The topological polar surface area (TPSA) is 46.5 Å². The van der Waals surface area contributed by atoms with Gasteiger partial charge in [-0.2, -0.15) is 0 Å². The van der Waals surface area contributed by atoms with Crippen LogP contribution >= 0.6 is 11.6 Å². The van der Waals surface area contributed by atoms with E-state index in [2.05, 4.69) is 6.08 Å². The van der Waals surface area contributed by atoms with E-state index in [-0.39, 0.29) is 17.1 Å². The molecule has 4 atom stereocenters. The summed E-state index contributed by atoms with van der Waals surface area (Å²) < 4.78 is 0. The SMILES string of the molecule is [O-]N(O)C1C2C=CC(C2)C1c1ccccc1Cl. The molecule has 1 N–H and O–H groups in total. The molecule has 2 bridgehead atoms. The van der Waals surface area contributed by atoms with Crippen molar-refractivity contribution in [1.82, 2.24) is 5.23 Å². The van der Waals surface area contributed by atoms with Crippen LogP contribution in [0.1, 0.15) is 17.9 Å². The smallest absolute Gasteiger partial charge is 0.0441 e. The highest BCUT2D eigenvalue weighted by Crippen LogP contribution is 2.51. The Labute approximate surface area is 105 Å². The van der Waals surface area contributed by atoms with Crippen LogP contribution in [0.25, 0.3) is 0 Å². The van der Waals surface area contributed by atoms with Crippen LogP contribution in [0.3, 0.4) is 0 Å². The summed E-state index contributed by atoms with van der Waals surface area (Å²) in [6.07, 6.45) is 5.10. The predicted molar refractivity (Wildman–Crippen MR) is 65.7 cm³/mol. The van der Waals surface area contributed by atoms with Gasteiger partial charge in [0.2, 0.25) is 0 Å². The van der Waals surface area contributed by atoms with Crippen LogP contribution in [0.15, 0.2) is 36.4 Å². The van der Waals surface area contributed by atoms with Gasteiger partial charge >= 0.3 is 0 Å². The molecule has 3 rings (SSSR count). The average Bonchev–Trinajstić information content (AvgIpc) is 2.89. The fraction of sp³-hybridized carbons (Fsp3) is 0.385. The van der Waals surface area contributed by atoms with Crippen LogP contribution < -0.4 is 0 Å². The molecule has 90 valence electrons. The van der Waals surface area contributed by atoms with Crippen LogP contribution in [0, 0.1) is 17.0 Å². The Hall–Kier alpha value is -0.870. The summed E-state index contributed by atoms with van der Waals surface area (Å²) >= 11 is 6.19. The largest absolute Gasteiger partial charge is 0.762 e. The first kappa shape index (κ1) is 11.2. The highest BCUT2D eigenvalue weighted by Gasteiger charge is 2.46. The molecule has 3 nitrogen and oxygen atoms in total. The zero-order valence-electron chi connectivity index (χ0n) is 9.16. The molecule has 2 aliphatic rings. The maximum absolute atomic E-state index is 11.3. The summed E-state index contributed by atoms with van der Waals surface area (Å²) in [6.45, 7) is 0. The van der Waals surface area contributed by atoms with Crippen molar-refractivity contribution in [2.45, 2.75) is 18.4 Å². The highest BCUT2D eigenvalue weighted by molar-refractivity contribution is 6.31. The van der Waals surface area contributed by atoms with Crippen LogP contribution in [-0.4, -0.2) is 16.5 Å². The molecule has 17 heavy (non-hydrogen) atoms. The van der Waals surface area contributed by atoms with Crippen molar-refractivity contribution in [3.05, 3.63) is 52.2 Å². The Morgan fingerprint density at radius 1 is 1.24 bits per heavy atom. The summed E-state index contributed by atoms with van der Waals surface area (Å²) in [7, 11) is 0. The van der Waals surface area contributed by atoms with Gasteiger partial charge in [-0.05, 0) is 29.9 Å². The summed E-state index contributed by atoms with van der Waals surface area (Å²) in [4.78, 5) is 0. The summed E-state index contributed by atoms with van der Waals surface area (Å²) in [5, 5.41) is 21.4. The Bertz CT molecular complexity index is 460. The number of rotatable bonds is 2. The average molecular weight is 251 g/mol. The van der Waals surface area contributed by atoms with Gasteiger partial charge in [0.1, 0.15) is 0 Å². The minimum Gasteiger partial charge on any atom is -0.762 e. The molecule has 1 aromatic rings. The third kappa shape index (κ3) is 1.70. The van der Waals surface area contributed by atoms with Gasteiger partial charge in [-0.25, -0.2) is 0 Å². The summed E-state index contributed by atoms with van der Waals surface area (Å²) in [6, 6.07) is 7.16. The lowest BCUT2D eigenvalue weighted by molar-refractivity contribution is -0.0915. The molecule has 1 saturated carbocycles. The third-order valence-corrected chi connectivity index (χ3v) is 4.28. The molecular weight excluding hydrogens is 238 g/mol. The fourth-order valence-corrected chi connectivity index (χ4v) is 3.52. The van der Waals surface area contributed by atoms with Crippen LogP contribution in [-0.2, 0) is 0 Å². The van der Waals surface area contributed by atoms with Crippen molar-refractivity contribution >= 4 is 11.6 Å². The first-order valence-electron chi connectivity index (χ1n) is 5.76. The summed E-state index contributed by atoms with van der Waals surface area (Å²) in [5.41, 5.74) is 0.964. The quantitative estimate of drug-likeness (QED) is 0.648. The van der Waals surface area contributed by atoms with E-state index >= 15 is 0 Å². The highest BCUT2D eigenvalue weighted by atomic mass is 35.5. The van der Waals surface area contributed by atoms with Gasteiger partial charge in [-0.15, -0.1) is 0 Å². The Morgan fingerprint density at radius 3 is 2.65 bits per heavy atom. The Morgan fingerprint density at radius 2 is 1.94 bits per heavy atom. The number of halogens is 1. The fourth-order valence-electron chi connectivity index (χ4n) is 3.26. The number of hydrogen-bond donors (Lipinski definition) is 1. The lowest BCUT2D eigenvalue weighted by Crippen LogP contribution is -2.36. The van der Waals surface area contributed by atoms with Gasteiger partial charge in [-0.1, -0.05) is 42.0 Å². The van der Waals surface area contributed by atoms with Gasteiger partial charge in [0.25, 0.3) is 0 Å². The van der Waals surface area contributed by atoms with Gasteiger partial charge in [0.15, 0.2) is 0 Å². The lowest BCUT2D eigenvalue weighted by atomic mass is 9.83. The molecule has 0 spiro atoms. The Balaban J connectivity index is 2.02. The van der Waals surface area contributed by atoms with Crippen molar-refractivity contribution in [3.63, 3.8) is 0 Å². The van der Waals surface area contributed by atoms with E-state index in [0.29, 0.717) is 10.9 Å². The van der Waals surface area contributed by atoms with E-state index in [1.165, 1.54) is 0 Å². The maximum atomic E-state index is 11.3. The first-order valence-corrected chi connectivity index (χ1v) is 6.14. The van der Waals surface area contributed by atoms with Crippen molar-refractivity contribution < 1.29 is 5.21 Å². The van der Waals surface area contributed by atoms with E-state index in [4.69, 9.17) is 11.6 Å². The van der Waals surface area contributed by atoms with Gasteiger partial charge in [0, 0.05) is 17.0 Å². The molecular formula is C13H13ClNO2-. The molecule has 4 heteroatoms. The molecule has 2 aliphatic carbocycles. The molecule has 0 aromatic heterocycles. The third-order valence-electron chi connectivity index (χ3n) is 3.94. The van der Waals surface area contributed by atoms with Crippen molar-refractivity contribution in [2.75, 3.05) is 0 Å². The molecule has 0 amide bonds. The second kappa shape index (κ2) is 4.10. The van der Waals surface area contributed by atoms with Crippen LogP contribution in [0.4, 0.5) is 0 Å². The number of hydrogen-bond acceptors (Lipinski definition) is 3. The number of fused-ring (bicyclic) bond motifs is 2. The molecule has 0 aliphatic heterocycles. The number of nitrogens with zero attached hydrogens (tertiary/aromatic N) is 1. The molecule has 1 aromatic carbocycles. The van der Waals surface area contributed by atoms with E-state index in [9.17, 15) is 10.4 Å². The minimum absolute atomic E-state index is 0.00111. The van der Waals surface area contributed by atoms with Crippen LogP contribution in [0.5, 0.6) is 0 Å². The number of benzene rings is 1. The van der Waals surface area contributed by atoms with Gasteiger partial charge in [0.05, 0.1) is 0 Å². The standard InChI is InChI=1S/C13H13ClNO2/c14-11-4-2-1-3-10(11)12-8-5-6-9(7-8)13(12)15(16)17/h1-6,8-9,12-13,16H,7H2/q-1. The van der Waals surface area contributed by atoms with Crippen molar-refractivity contribution in [1.29, 1.82) is 0 Å². The zero-order chi connectivity index (χ0) is 12.0. The lowest BCUT2D eigenvalue weighted by Gasteiger charge is -2.38.